The fraction of sp³-hybridized carbons (Fsp3) is 0.429. The smallest absolute Gasteiger partial charge is 0.221 e. The lowest BCUT2D eigenvalue weighted by Crippen LogP contribution is -2.24. The molecule has 3 nitrogen and oxygen atoms in total. The third kappa shape index (κ3) is 5.17. The summed E-state index contributed by atoms with van der Waals surface area (Å²) in [5.74, 6) is -0.204. The zero-order valence-electron chi connectivity index (χ0n) is 10.1. The van der Waals surface area contributed by atoms with Crippen molar-refractivity contribution in [3.05, 3.63) is 35.9 Å². The topological polar surface area (TPSA) is 52.9 Å². The molecule has 1 aromatic carbocycles. The molecule has 0 radical (unpaired) electrons. The van der Waals surface area contributed by atoms with Crippen molar-refractivity contribution in [1.82, 2.24) is 5.32 Å². The first-order chi connectivity index (χ1) is 8.26. The summed E-state index contributed by atoms with van der Waals surface area (Å²) in [6.45, 7) is 2.55. The van der Waals surface area contributed by atoms with Crippen LogP contribution in [0.15, 0.2) is 30.3 Å². The summed E-state index contributed by atoms with van der Waals surface area (Å²) in [6.07, 6.45) is 2.02. The van der Waals surface area contributed by atoms with Gasteiger partial charge < -0.3 is 5.32 Å². The second kappa shape index (κ2) is 7.45. The minimum Gasteiger partial charge on any atom is -0.352 e. The zero-order valence-corrected chi connectivity index (χ0v) is 10.1. The summed E-state index contributed by atoms with van der Waals surface area (Å²) >= 11 is 0. The van der Waals surface area contributed by atoms with Gasteiger partial charge in [0.25, 0.3) is 0 Å². The second-order valence-corrected chi connectivity index (χ2v) is 4.08. The van der Waals surface area contributed by atoms with E-state index in [9.17, 15) is 4.79 Å². The molecule has 0 aliphatic carbocycles. The largest absolute Gasteiger partial charge is 0.352 e. The molecule has 0 spiro atoms. The number of carbonyl (C=O) groups is 1. The van der Waals surface area contributed by atoms with Crippen molar-refractivity contribution in [1.29, 1.82) is 5.26 Å². The lowest BCUT2D eigenvalue weighted by molar-refractivity contribution is -0.121. The van der Waals surface area contributed by atoms with Gasteiger partial charge in [-0.25, -0.2) is 0 Å². The van der Waals surface area contributed by atoms with Crippen LogP contribution >= 0.6 is 0 Å². The molecular formula is C14H18N2O. The molecule has 0 saturated heterocycles. The number of nitrogens with one attached hydrogen (secondary N) is 1. The van der Waals surface area contributed by atoms with Crippen LogP contribution in [0.2, 0.25) is 0 Å². The molecule has 1 N–H and O–H groups in total. The molecule has 0 saturated carbocycles. The Morgan fingerprint density at radius 2 is 2.12 bits per heavy atom. The normalized spacial score (nSPS) is 11.5. The molecule has 0 bridgehead atoms. The number of rotatable bonds is 6. The summed E-state index contributed by atoms with van der Waals surface area (Å²) < 4.78 is 0. The Hall–Kier alpha value is -1.82. The highest BCUT2D eigenvalue weighted by Gasteiger charge is 2.11. The highest BCUT2D eigenvalue weighted by Crippen LogP contribution is 2.09. The molecule has 17 heavy (non-hydrogen) atoms. The molecule has 1 amide bonds. The Bertz CT molecular complexity index is 381. The van der Waals surface area contributed by atoms with Gasteiger partial charge in [0, 0.05) is 13.0 Å². The Labute approximate surface area is 102 Å². The Morgan fingerprint density at radius 3 is 2.71 bits per heavy atom. The van der Waals surface area contributed by atoms with Crippen LogP contribution in [0.3, 0.4) is 0 Å². The number of hydrogen-bond acceptors (Lipinski definition) is 2. The number of carbonyl (C=O) groups excluding carboxylic acids is 1. The van der Waals surface area contributed by atoms with Gasteiger partial charge in [-0.15, -0.1) is 0 Å². The van der Waals surface area contributed by atoms with E-state index < -0.39 is 0 Å². The average molecular weight is 230 g/mol. The Balaban J connectivity index is 2.33. The highest BCUT2D eigenvalue weighted by molar-refractivity contribution is 5.76. The first kappa shape index (κ1) is 13.2. The molecule has 90 valence electrons. The van der Waals surface area contributed by atoms with E-state index in [1.54, 1.807) is 0 Å². The maximum Gasteiger partial charge on any atom is 0.221 e. The average Bonchev–Trinajstić information content (AvgIpc) is 2.37. The summed E-state index contributed by atoms with van der Waals surface area (Å²) in [6, 6.07) is 11.9. The van der Waals surface area contributed by atoms with E-state index >= 15 is 0 Å². The van der Waals surface area contributed by atoms with Crippen LogP contribution in [0.1, 0.15) is 31.7 Å². The number of nitrogens with zero attached hydrogens (tertiary/aromatic N) is 1. The van der Waals surface area contributed by atoms with Gasteiger partial charge in [-0.05, 0) is 12.0 Å². The van der Waals surface area contributed by atoms with Gasteiger partial charge in [0.2, 0.25) is 5.91 Å². The first-order valence-corrected chi connectivity index (χ1v) is 5.96. The SMILES string of the molecule is CCCC(C#N)CC(=O)NCc1ccccc1. The van der Waals surface area contributed by atoms with Gasteiger partial charge in [0.05, 0.1) is 12.0 Å². The molecule has 3 heteroatoms. The van der Waals surface area contributed by atoms with Crippen molar-refractivity contribution in [2.45, 2.75) is 32.7 Å². The Morgan fingerprint density at radius 1 is 1.41 bits per heavy atom. The predicted octanol–water partition coefficient (Wildman–Crippen LogP) is 2.63. The van der Waals surface area contributed by atoms with Crippen molar-refractivity contribution in [3.63, 3.8) is 0 Å². The van der Waals surface area contributed by atoms with Crippen molar-refractivity contribution in [2.24, 2.45) is 5.92 Å². The number of amides is 1. The highest BCUT2D eigenvalue weighted by atomic mass is 16.1. The van der Waals surface area contributed by atoms with Gasteiger partial charge in [0.15, 0.2) is 0 Å². The molecule has 0 fully saturated rings. The standard InChI is InChI=1S/C14H18N2O/c1-2-6-13(10-15)9-14(17)16-11-12-7-4-3-5-8-12/h3-5,7-8,13H,2,6,9,11H2,1H3,(H,16,17). The van der Waals surface area contributed by atoms with E-state index in [0.29, 0.717) is 13.0 Å². The van der Waals surface area contributed by atoms with E-state index in [0.717, 1.165) is 18.4 Å². The summed E-state index contributed by atoms with van der Waals surface area (Å²) in [7, 11) is 0. The van der Waals surface area contributed by atoms with E-state index in [2.05, 4.69) is 11.4 Å². The number of benzene rings is 1. The van der Waals surface area contributed by atoms with Crippen molar-refractivity contribution < 1.29 is 4.79 Å². The molecule has 0 aromatic heterocycles. The van der Waals surface area contributed by atoms with Crippen molar-refractivity contribution >= 4 is 5.91 Å². The lowest BCUT2D eigenvalue weighted by atomic mass is 10.0. The fourth-order valence-corrected chi connectivity index (χ4v) is 1.65. The van der Waals surface area contributed by atoms with E-state index in [1.165, 1.54) is 0 Å². The van der Waals surface area contributed by atoms with Crippen LogP contribution in [-0.2, 0) is 11.3 Å². The van der Waals surface area contributed by atoms with Crippen molar-refractivity contribution in [2.75, 3.05) is 0 Å². The lowest BCUT2D eigenvalue weighted by Gasteiger charge is -2.08. The van der Waals surface area contributed by atoms with Crippen LogP contribution in [0.5, 0.6) is 0 Å². The van der Waals surface area contributed by atoms with E-state index in [4.69, 9.17) is 5.26 Å². The molecule has 1 unspecified atom stereocenters. The van der Waals surface area contributed by atoms with Crippen LogP contribution in [0.4, 0.5) is 0 Å². The zero-order chi connectivity index (χ0) is 12.5. The molecule has 0 aliphatic heterocycles. The molecule has 0 heterocycles. The van der Waals surface area contributed by atoms with E-state index in [-0.39, 0.29) is 11.8 Å². The van der Waals surface area contributed by atoms with Crippen molar-refractivity contribution in [3.8, 4) is 6.07 Å². The molecule has 0 aliphatic rings. The second-order valence-electron chi connectivity index (χ2n) is 4.08. The van der Waals surface area contributed by atoms with Crippen LogP contribution in [0.25, 0.3) is 0 Å². The number of nitriles is 1. The van der Waals surface area contributed by atoms with Crippen LogP contribution < -0.4 is 5.32 Å². The summed E-state index contributed by atoms with van der Waals surface area (Å²) in [5, 5.41) is 11.7. The first-order valence-electron chi connectivity index (χ1n) is 5.96. The summed E-state index contributed by atoms with van der Waals surface area (Å²) in [4.78, 5) is 11.6. The molecular weight excluding hydrogens is 212 g/mol. The predicted molar refractivity (Wildman–Crippen MR) is 66.9 cm³/mol. The van der Waals surface area contributed by atoms with Gasteiger partial charge >= 0.3 is 0 Å². The Kier molecular flexibility index (Phi) is 5.81. The third-order valence-corrected chi connectivity index (χ3v) is 2.58. The van der Waals surface area contributed by atoms with Crippen LogP contribution in [-0.4, -0.2) is 5.91 Å². The van der Waals surface area contributed by atoms with Gasteiger partial charge in [-0.3, -0.25) is 4.79 Å². The minimum absolute atomic E-state index is 0.0474. The van der Waals surface area contributed by atoms with Crippen LogP contribution in [0, 0.1) is 17.2 Å². The third-order valence-electron chi connectivity index (χ3n) is 2.58. The minimum atomic E-state index is -0.157. The number of hydrogen-bond donors (Lipinski definition) is 1. The molecule has 1 atom stereocenters. The quantitative estimate of drug-likeness (QED) is 0.816. The van der Waals surface area contributed by atoms with Gasteiger partial charge in [0.1, 0.15) is 0 Å². The maximum absolute atomic E-state index is 11.6. The maximum atomic E-state index is 11.6. The molecule has 1 aromatic rings. The summed E-state index contributed by atoms with van der Waals surface area (Å²) in [5.41, 5.74) is 1.07. The van der Waals surface area contributed by atoms with Gasteiger partial charge in [-0.1, -0.05) is 43.7 Å². The molecule has 1 rings (SSSR count). The van der Waals surface area contributed by atoms with E-state index in [1.807, 2.05) is 37.3 Å². The monoisotopic (exact) mass is 230 g/mol. The van der Waals surface area contributed by atoms with Gasteiger partial charge in [-0.2, -0.15) is 5.26 Å². The fourth-order valence-electron chi connectivity index (χ4n) is 1.65.